The number of carbonyl (C=O) groups excluding carboxylic acids is 2. The van der Waals surface area contributed by atoms with E-state index in [1.165, 1.54) is 0 Å². The second-order valence-corrected chi connectivity index (χ2v) is 10.5. The molecule has 0 aromatic carbocycles. The molecule has 0 radical (unpaired) electrons. The Morgan fingerprint density at radius 3 is 2.29 bits per heavy atom. The fourth-order valence-electron chi connectivity index (χ4n) is 4.48. The van der Waals surface area contributed by atoms with Gasteiger partial charge in [-0.15, -0.1) is 0 Å². The summed E-state index contributed by atoms with van der Waals surface area (Å²) in [6, 6.07) is 4.27. The summed E-state index contributed by atoms with van der Waals surface area (Å²) in [7, 11) is 0. The Labute approximate surface area is 199 Å². The highest BCUT2D eigenvalue weighted by Crippen LogP contribution is 2.51. The van der Waals surface area contributed by atoms with Crippen LogP contribution in [0.2, 0.25) is 0 Å². The van der Waals surface area contributed by atoms with Crippen molar-refractivity contribution in [1.82, 2.24) is 15.3 Å². The number of nitrogens with one attached hydrogen (secondary N) is 2. The standard InChI is InChI=1S/C26H33FN4O3/c1-14-12-19(15(2)28-13-14)18-10-11-20(29-23(18)27)30-24(32)22(31-25(33)34-26(3,4)5)21(16-6-7-16)17-8-9-17/h10-13,16-17,21-22H,6-9H2,1-5H3,(H,31,33)(H,29,30,32)/t22-/m0/s1. The lowest BCUT2D eigenvalue weighted by molar-refractivity contribution is -0.120. The molecular formula is C26H33FN4O3. The molecular weight excluding hydrogens is 435 g/mol. The van der Waals surface area contributed by atoms with Gasteiger partial charge in [0.15, 0.2) is 0 Å². The molecule has 2 aromatic rings. The van der Waals surface area contributed by atoms with Gasteiger partial charge in [-0.05, 0) is 102 Å². The highest BCUT2D eigenvalue weighted by Gasteiger charge is 2.48. The monoisotopic (exact) mass is 468 g/mol. The number of halogens is 1. The predicted octanol–water partition coefficient (Wildman–Crippen LogP) is 5.17. The van der Waals surface area contributed by atoms with Crippen LogP contribution in [0.5, 0.6) is 0 Å². The highest BCUT2D eigenvalue weighted by atomic mass is 19.1. The summed E-state index contributed by atoms with van der Waals surface area (Å²) in [5, 5.41) is 5.52. The summed E-state index contributed by atoms with van der Waals surface area (Å²) in [5.74, 6) is -0.138. The predicted molar refractivity (Wildman–Crippen MR) is 128 cm³/mol. The summed E-state index contributed by atoms with van der Waals surface area (Å²) in [6.07, 6.45) is 5.29. The largest absolute Gasteiger partial charge is 0.444 e. The lowest BCUT2D eigenvalue weighted by Crippen LogP contribution is -2.51. The third-order valence-electron chi connectivity index (χ3n) is 6.29. The van der Waals surface area contributed by atoms with Crippen LogP contribution in [0.15, 0.2) is 24.4 Å². The number of aryl methyl sites for hydroxylation is 2. The van der Waals surface area contributed by atoms with E-state index in [9.17, 15) is 14.0 Å². The van der Waals surface area contributed by atoms with Gasteiger partial charge < -0.3 is 15.4 Å². The number of alkyl carbamates (subject to hydrolysis) is 1. The maximum absolute atomic E-state index is 15.0. The summed E-state index contributed by atoms with van der Waals surface area (Å²) >= 11 is 0. The van der Waals surface area contributed by atoms with Crippen molar-refractivity contribution in [1.29, 1.82) is 0 Å². The van der Waals surface area contributed by atoms with Gasteiger partial charge in [0.1, 0.15) is 17.5 Å². The van der Waals surface area contributed by atoms with Crippen molar-refractivity contribution < 1.29 is 18.7 Å². The van der Waals surface area contributed by atoms with Crippen LogP contribution in [0.4, 0.5) is 15.0 Å². The van der Waals surface area contributed by atoms with Gasteiger partial charge in [0, 0.05) is 23.0 Å². The van der Waals surface area contributed by atoms with Crippen LogP contribution in [0, 0.1) is 37.5 Å². The first kappa shape index (κ1) is 24.1. The van der Waals surface area contributed by atoms with Crippen molar-refractivity contribution >= 4 is 17.8 Å². The first-order valence-electron chi connectivity index (χ1n) is 11.9. The second kappa shape index (κ2) is 9.31. The van der Waals surface area contributed by atoms with E-state index in [0.29, 0.717) is 28.7 Å². The van der Waals surface area contributed by atoms with Gasteiger partial charge in [0.2, 0.25) is 11.9 Å². The second-order valence-electron chi connectivity index (χ2n) is 10.5. The molecule has 7 nitrogen and oxygen atoms in total. The molecule has 2 amide bonds. The van der Waals surface area contributed by atoms with E-state index in [4.69, 9.17) is 4.74 Å². The van der Waals surface area contributed by atoms with Gasteiger partial charge in [-0.3, -0.25) is 9.78 Å². The van der Waals surface area contributed by atoms with Crippen molar-refractivity contribution in [3.8, 4) is 11.1 Å². The minimum absolute atomic E-state index is 0.0395. The molecule has 34 heavy (non-hydrogen) atoms. The van der Waals surface area contributed by atoms with Crippen molar-refractivity contribution in [3.05, 3.63) is 41.6 Å². The van der Waals surface area contributed by atoms with Gasteiger partial charge >= 0.3 is 6.09 Å². The summed E-state index contributed by atoms with van der Waals surface area (Å²) in [4.78, 5) is 34.1. The number of pyridine rings is 2. The molecule has 2 saturated carbocycles. The van der Waals surface area contributed by atoms with Crippen LogP contribution in [-0.2, 0) is 9.53 Å². The average Bonchev–Trinajstić information content (AvgIpc) is 3.63. The van der Waals surface area contributed by atoms with E-state index in [1.54, 1.807) is 39.1 Å². The van der Waals surface area contributed by atoms with Crippen molar-refractivity contribution in [2.24, 2.45) is 17.8 Å². The molecule has 8 heteroatoms. The molecule has 4 rings (SSSR count). The van der Waals surface area contributed by atoms with Crippen LogP contribution in [0.25, 0.3) is 11.1 Å². The fourth-order valence-corrected chi connectivity index (χ4v) is 4.48. The molecule has 2 heterocycles. The number of rotatable bonds is 7. The van der Waals surface area contributed by atoms with Gasteiger partial charge in [-0.2, -0.15) is 4.39 Å². The molecule has 182 valence electrons. The topological polar surface area (TPSA) is 93.2 Å². The van der Waals surface area contributed by atoms with Crippen molar-refractivity contribution in [2.45, 2.75) is 71.9 Å². The van der Waals surface area contributed by atoms with Gasteiger partial charge in [-0.1, -0.05) is 0 Å². The maximum Gasteiger partial charge on any atom is 0.408 e. The summed E-state index contributed by atoms with van der Waals surface area (Å²) in [6.45, 7) is 9.04. The Morgan fingerprint density at radius 2 is 1.74 bits per heavy atom. The van der Waals surface area contributed by atoms with E-state index in [0.717, 1.165) is 31.2 Å². The minimum atomic E-state index is -0.761. The Bertz CT molecular complexity index is 1080. The van der Waals surface area contributed by atoms with E-state index in [1.807, 2.05) is 19.9 Å². The number of hydrogen-bond donors (Lipinski definition) is 2. The average molecular weight is 469 g/mol. The molecule has 2 N–H and O–H groups in total. The molecule has 2 fully saturated rings. The molecule has 2 aliphatic rings. The van der Waals surface area contributed by atoms with E-state index < -0.39 is 29.6 Å². The maximum atomic E-state index is 15.0. The number of hydrogen-bond acceptors (Lipinski definition) is 5. The first-order chi connectivity index (χ1) is 16.0. The number of anilines is 1. The van der Waals surface area contributed by atoms with Crippen molar-refractivity contribution in [3.63, 3.8) is 0 Å². The van der Waals surface area contributed by atoms with E-state index in [-0.39, 0.29) is 11.7 Å². The molecule has 0 spiro atoms. The van der Waals surface area contributed by atoms with E-state index in [2.05, 4.69) is 20.6 Å². The number of aromatic nitrogens is 2. The zero-order valence-corrected chi connectivity index (χ0v) is 20.4. The number of amides is 2. The van der Waals surface area contributed by atoms with Crippen molar-refractivity contribution in [2.75, 3.05) is 5.32 Å². The molecule has 2 aliphatic carbocycles. The number of nitrogens with zero attached hydrogens (tertiary/aromatic N) is 2. The molecule has 0 bridgehead atoms. The Balaban J connectivity index is 1.54. The first-order valence-corrected chi connectivity index (χ1v) is 11.9. The molecule has 1 atom stereocenters. The lowest BCUT2D eigenvalue weighted by atomic mass is 9.89. The third-order valence-corrected chi connectivity index (χ3v) is 6.29. The van der Waals surface area contributed by atoms with Crippen LogP contribution in [0.1, 0.15) is 57.7 Å². The Kier molecular flexibility index (Phi) is 6.60. The quantitative estimate of drug-likeness (QED) is 0.547. The smallest absolute Gasteiger partial charge is 0.408 e. The van der Waals surface area contributed by atoms with Crippen LogP contribution in [0.3, 0.4) is 0 Å². The third kappa shape index (κ3) is 5.90. The fraction of sp³-hybridized carbons (Fsp3) is 0.538. The zero-order valence-electron chi connectivity index (χ0n) is 20.4. The zero-order chi connectivity index (χ0) is 24.6. The van der Waals surface area contributed by atoms with Crippen LogP contribution in [-0.4, -0.2) is 33.6 Å². The van der Waals surface area contributed by atoms with Crippen LogP contribution >= 0.6 is 0 Å². The van der Waals surface area contributed by atoms with E-state index >= 15 is 0 Å². The Hall–Kier alpha value is -3.03. The minimum Gasteiger partial charge on any atom is -0.444 e. The molecule has 0 aliphatic heterocycles. The number of ether oxygens (including phenoxy) is 1. The molecule has 0 unspecified atom stereocenters. The van der Waals surface area contributed by atoms with Gasteiger partial charge in [0.25, 0.3) is 0 Å². The normalized spacial score (nSPS) is 16.8. The van der Waals surface area contributed by atoms with Gasteiger partial charge in [0.05, 0.1) is 0 Å². The highest BCUT2D eigenvalue weighted by molar-refractivity contribution is 5.96. The SMILES string of the molecule is Cc1cnc(C)c(-c2ccc(NC(=O)[C@@H](NC(=O)OC(C)(C)C)C(C3CC3)C3CC3)nc2F)c1. The number of carbonyl (C=O) groups is 2. The summed E-state index contributed by atoms with van der Waals surface area (Å²) < 4.78 is 20.4. The van der Waals surface area contributed by atoms with Crippen LogP contribution < -0.4 is 10.6 Å². The molecule has 0 saturated heterocycles. The molecule has 2 aromatic heterocycles. The van der Waals surface area contributed by atoms with Gasteiger partial charge in [-0.25, -0.2) is 9.78 Å². The lowest BCUT2D eigenvalue weighted by Gasteiger charge is -2.29. The summed E-state index contributed by atoms with van der Waals surface area (Å²) in [5.41, 5.74) is 1.92. The Morgan fingerprint density at radius 1 is 1.09 bits per heavy atom.